The zero-order chi connectivity index (χ0) is 7.68. The molecular formula is C8H12O3. The van der Waals surface area contributed by atoms with Gasteiger partial charge in [0.15, 0.2) is 5.78 Å². The monoisotopic (exact) mass is 156 g/mol. The Hall–Kier alpha value is -0.410. The summed E-state index contributed by atoms with van der Waals surface area (Å²) in [6, 6.07) is 0. The molecule has 0 amide bonds. The zero-order valence-corrected chi connectivity index (χ0v) is 6.41. The van der Waals surface area contributed by atoms with E-state index >= 15 is 0 Å². The van der Waals surface area contributed by atoms with E-state index in [1.54, 1.807) is 0 Å². The summed E-state index contributed by atoms with van der Waals surface area (Å²) in [5.41, 5.74) is 0. The van der Waals surface area contributed by atoms with Crippen LogP contribution in [0.2, 0.25) is 0 Å². The lowest BCUT2D eigenvalue weighted by Crippen LogP contribution is -2.30. The van der Waals surface area contributed by atoms with Crippen molar-refractivity contribution >= 4 is 5.78 Å². The van der Waals surface area contributed by atoms with Crippen LogP contribution in [0.4, 0.5) is 0 Å². The first kappa shape index (κ1) is 7.25. The third-order valence-electron chi connectivity index (χ3n) is 2.27. The molecule has 0 aromatic heterocycles. The van der Waals surface area contributed by atoms with Gasteiger partial charge < -0.3 is 9.47 Å². The number of hydrogen-bond donors (Lipinski definition) is 0. The van der Waals surface area contributed by atoms with Crippen LogP contribution in [-0.4, -0.2) is 31.2 Å². The van der Waals surface area contributed by atoms with Gasteiger partial charge in [0, 0.05) is 13.0 Å². The topological polar surface area (TPSA) is 35.5 Å². The smallest absolute Gasteiger partial charge is 0.166 e. The van der Waals surface area contributed by atoms with Crippen molar-refractivity contribution in [3.8, 4) is 0 Å². The molecule has 2 atom stereocenters. The van der Waals surface area contributed by atoms with Crippen molar-refractivity contribution in [3.05, 3.63) is 0 Å². The molecule has 2 aliphatic rings. The van der Waals surface area contributed by atoms with Gasteiger partial charge in [-0.2, -0.15) is 0 Å². The van der Waals surface area contributed by atoms with Gasteiger partial charge in [-0.3, -0.25) is 4.79 Å². The molecule has 0 saturated carbocycles. The van der Waals surface area contributed by atoms with Crippen LogP contribution in [0.5, 0.6) is 0 Å². The van der Waals surface area contributed by atoms with E-state index in [0.29, 0.717) is 13.0 Å². The van der Waals surface area contributed by atoms with Gasteiger partial charge in [-0.05, 0) is 12.8 Å². The molecule has 0 bridgehead atoms. The van der Waals surface area contributed by atoms with Crippen molar-refractivity contribution in [1.29, 1.82) is 0 Å². The van der Waals surface area contributed by atoms with E-state index in [0.717, 1.165) is 19.4 Å². The summed E-state index contributed by atoms with van der Waals surface area (Å²) in [5, 5.41) is 0. The van der Waals surface area contributed by atoms with Crippen LogP contribution in [0.15, 0.2) is 0 Å². The molecule has 2 saturated heterocycles. The minimum absolute atomic E-state index is 0.0602. The summed E-state index contributed by atoms with van der Waals surface area (Å²) >= 11 is 0. The zero-order valence-electron chi connectivity index (χ0n) is 6.41. The van der Waals surface area contributed by atoms with Crippen LogP contribution in [-0.2, 0) is 14.3 Å². The molecule has 0 aromatic carbocycles. The number of ketones is 1. The second kappa shape index (κ2) is 2.91. The third kappa shape index (κ3) is 1.30. The Morgan fingerprint density at radius 3 is 2.73 bits per heavy atom. The lowest BCUT2D eigenvalue weighted by molar-refractivity contribution is -0.128. The fourth-order valence-corrected chi connectivity index (χ4v) is 1.68. The van der Waals surface area contributed by atoms with Crippen molar-refractivity contribution in [2.24, 2.45) is 0 Å². The first-order chi connectivity index (χ1) is 5.38. The molecule has 2 rings (SSSR count). The van der Waals surface area contributed by atoms with E-state index in [9.17, 15) is 4.79 Å². The van der Waals surface area contributed by atoms with E-state index in [-0.39, 0.29) is 18.0 Å². The van der Waals surface area contributed by atoms with E-state index < -0.39 is 0 Å². The van der Waals surface area contributed by atoms with Crippen LogP contribution in [0.1, 0.15) is 19.3 Å². The number of carbonyl (C=O) groups is 1. The maximum Gasteiger partial charge on any atom is 0.166 e. The van der Waals surface area contributed by atoms with Crippen molar-refractivity contribution in [3.63, 3.8) is 0 Å². The second-order valence-corrected chi connectivity index (χ2v) is 3.06. The van der Waals surface area contributed by atoms with E-state index in [2.05, 4.69) is 0 Å². The summed E-state index contributed by atoms with van der Waals surface area (Å²) in [6.45, 7) is 1.38. The van der Waals surface area contributed by atoms with Crippen LogP contribution in [0.3, 0.4) is 0 Å². The Morgan fingerprint density at radius 1 is 1.27 bits per heavy atom. The molecule has 11 heavy (non-hydrogen) atoms. The van der Waals surface area contributed by atoms with Crippen LogP contribution in [0.25, 0.3) is 0 Å². The molecule has 3 nitrogen and oxygen atoms in total. The van der Waals surface area contributed by atoms with Crippen molar-refractivity contribution in [2.45, 2.75) is 31.5 Å². The number of ether oxygens (including phenoxy) is 2. The first-order valence-corrected chi connectivity index (χ1v) is 4.14. The van der Waals surface area contributed by atoms with Gasteiger partial charge in [0.2, 0.25) is 0 Å². The lowest BCUT2D eigenvalue weighted by Gasteiger charge is -2.14. The Balaban J connectivity index is 1.97. The minimum atomic E-state index is -0.238. The molecule has 0 aliphatic carbocycles. The second-order valence-electron chi connectivity index (χ2n) is 3.06. The number of carbonyl (C=O) groups excluding carboxylic acids is 1. The molecule has 2 fully saturated rings. The fraction of sp³-hybridized carbons (Fsp3) is 0.875. The highest BCUT2D eigenvalue weighted by atomic mass is 16.5. The highest BCUT2D eigenvalue weighted by Crippen LogP contribution is 2.22. The van der Waals surface area contributed by atoms with Crippen LogP contribution < -0.4 is 0 Å². The van der Waals surface area contributed by atoms with Crippen molar-refractivity contribution < 1.29 is 14.3 Å². The minimum Gasteiger partial charge on any atom is -0.375 e. The van der Waals surface area contributed by atoms with Crippen LogP contribution >= 0.6 is 0 Å². The average molecular weight is 156 g/mol. The van der Waals surface area contributed by atoms with E-state index in [1.165, 1.54) is 0 Å². The predicted molar refractivity (Wildman–Crippen MR) is 38.3 cm³/mol. The SMILES string of the molecule is O=C1CCOC1C1CCCO1. The molecule has 2 unspecified atom stereocenters. The fourth-order valence-electron chi connectivity index (χ4n) is 1.68. The summed E-state index contributed by atoms with van der Waals surface area (Å²) in [7, 11) is 0. The maximum atomic E-state index is 11.2. The Kier molecular flexibility index (Phi) is 1.92. The van der Waals surface area contributed by atoms with Gasteiger partial charge in [-0.1, -0.05) is 0 Å². The van der Waals surface area contributed by atoms with Gasteiger partial charge in [0.05, 0.1) is 12.7 Å². The number of rotatable bonds is 1. The molecule has 0 aromatic rings. The number of hydrogen-bond acceptors (Lipinski definition) is 3. The standard InChI is InChI=1S/C8H12O3/c9-6-3-5-11-8(6)7-2-1-4-10-7/h7-8H,1-5H2. The highest BCUT2D eigenvalue weighted by Gasteiger charge is 2.35. The molecule has 0 radical (unpaired) electrons. The maximum absolute atomic E-state index is 11.2. The molecular weight excluding hydrogens is 144 g/mol. The molecule has 3 heteroatoms. The molecule has 2 aliphatic heterocycles. The van der Waals surface area contributed by atoms with Gasteiger partial charge in [0.25, 0.3) is 0 Å². The Morgan fingerprint density at radius 2 is 2.18 bits per heavy atom. The molecule has 0 spiro atoms. The van der Waals surface area contributed by atoms with Gasteiger partial charge in [-0.15, -0.1) is 0 Å². The van der Waals surface area contributed by atoms with Gasteiger partial charge in [0.1, 0.15) is 6.10 Å². The van der Waals surface area contributed by atoms with Gasteiger partial charge in [-0.25, -0.2) is 0 Å². The number of Topliss-reactive ketones (excluding diaryl/α,β-unsaturated/α-hetero) is 1. The summed E-state index contributed by atoms with van der Waals surface area (Å²) in [6.07, 6.45) is 2.45. The van der Waals surface area contributed by atoms with Crippen molar-refractivity contribution in [2.75, 3.05) is 13.2 Å². The molecule has 0 N–H and O–H groups in total. The first-order valence-electron chi connectivity index (χ1n) is 4.14. The highest BCUT2D eigenvalue weighted by molar-refractivity contribution is 5.85. The van der Waals surface area contributed by atoms with Crippen LogP contribution in [0, 0.1) is 0 Å². The Labute approximate surface area is 65.7 Å². The summed E-state index contributed by atoms with van der Waals surface area (Å²) < 4.78 is 10.6. The van der Waals surface area contributed by atoms with Gasteiger partial charge >= 0.3 is 0 Å². The predicted octanol–water partition coefficient (Wildman–Crippen LogP) is 0.523. The van der Waals surface area contributed by atoms with E-state index in [1.807, 2.05) is 0 Å². The summed E-state index contributed by atoms with van der Waals surface area (Å²) in [4.78, 5) is 11.2. The Bertz CT molecular complexity index is 161. The van der Waals surface area contributed by atoms with E-state index in [4.69, 9.17) is 9.47 Å². The average Bonchev–Trinajstić information content (AvgIpc) is 2.55. The lowest BCUT2D eigenvalue weighted by atomic mass is 10.1. The summed E-state index contributed by atoms with van der Waals surface area (Å²) in [5.74, 6) is 0.219. The molecule has 2 heterocycles. The largest absolute Gasteiger partial charge is 0.375 e. The third-order valence-corrected chi connectivity index (χ3v) is 2.27. The quantitative estimate of drug-likeness (QED) is 0.555. The normalized spacial score (nSPS) is 38.4. The van der Waals surface area contributed by atoms with Crippen molar-refractivity contribution in [1.82, 2.24) is 0 Å². The molecule has 62 valence electrons.